The maximum atomic E-state index is 12.9. The molecule has 120 valence electrons. The van der Waals surface area contributed by atoms with Crippen LogP contribution in [0, 0.1) is 5.92 Å². The second-order valence-corrected chi connectivity index (χ2v) is 6.37. The van der Waals surface area contributed by atoms with E-state index in [1.165, 1.54) is 0 Å². The van der Waals surface area contributed by atoms with Gasteiger partial charge >= 0.3 is 0 Å². The molecule has 23 heavy (non-hydrogen) atoms. The Bertz CT molecular complexity index is 688. The lowest BCUT2D eigenvalue weighted by molar-refractivity contribution is -0.123. The van der Waals surface area contributed by atoms with E-state index in [2.05, 4.69) is 28.2 Å². The monoisotopic (exact) mass is 310 g/mol. The van der Waals surface area contributed by atoms with Crippen LogP contribution in [0.1, 0.15) is 19.3 Å². The van der Waals surface area contributed by atoms with Crippen LogP contribution in [-0.4, -0.2) is 35.1 Å². The molecule has 1 N–H and O–H groups in total. The first kappa shape index (κ1) is 14.5. The van der Waals surface area contributed by atoms with Gasteiger partial charge in [-0.3, -0.25) is 9.69 Å². The van der Waals surface area contributed by atoms with E-state index in [9.17, 15) is 4.79 Å². The number of rotatable bonds is 2. The van der Waals surface area contributed by atoms with E-state index in [1.54, 1.807) is 0 Å². The van der Waals surface area contributed by atoms with Crippen LogP contribution < -0.4 is 10.2 Å². The summed E-state index contributed by atoms with van der Waals surface area (Å²) in [6.07, 6.45) is 5.12. The summed E-state index contributed by atoms with van der Waals surface area (Å²) in [5, 5.41) is 3.34. The molecule has 1 atom stereocenters. The van der Waals surface area contributed by atoms with Crippen LogP contribution in [0.2, 0.25) is 0 Å². The molecule has 1 saturated heterocycles. The molecule has 0 radical (unpaired) electrons. The molecule has 1 amide bonds. The highest BCUT2D eigenvalue weighted by atomic mass is 16.2. The number of anilines is 1. The van der Waals surface area contributed by atoms with Gasteiger partial charge < -0.3 is 9.88 Å². The van der Waals surface area contributed by atoms with E-state index in [1.807, 2.05) is 23.1 Å². The molecule has 0 saturated carbocycles. The minimum atomic E-state index is 0.0900. The summed E-state index contributed by atoms with van der Waals surface area (Å²) in [4.78, 5) is 19.6. The largest absolute Gasteiger partial charge is 0.316 e. The molecule has 1 aromatic carbocycles. The molecule has 0 bridgehead atoms. The number of hydrogen-bond acceptors (Lipinski definition) is 3. The number of carbonyl (C=O) groups excluding carboxylic acids is 1. The summed E-state index contributed by atoms with van der Waals surface area (Å²) in [5.74, 6) is 1.13. The number of aromatic nitrogens is 2. The van der Waals surface area contributed by atoms with Crippen molar-refractivity contribution >= 4 is 11.9 Å². The number of nitrogens with zero attached hydrogens (tertiary/aromatic N) is 3. The Morgan fingerprint density at radius 3 is 2.83 bits per heavy atom. The van der Waals surface area contributed by atoms with Crippen molar-refractivity contribution in [2.45, 2.75) is 25.8 Å². The standard InChI is InChI=1S/C18H22N4O/c23-17(15-8-4-9-19-12-15)22-11-5-10-21-13-16(20-18(21)22)14-6-2-1-3-7-14/h1-3,6-7,13,15,19H,4-5,8-12H2. The fraction of sp³-hybridized carbons (Fsp3) is 0.444. The number of aryl methyl sites for hydroxylation is 1. The van der Waals surface area contributed by atoms with Gasteiger partial charge in [0.1, 0.15) is 0 Å². The number of nitrogens with one attached hydrogen (secondary N) is 1. The second-order valence-electron chi connectivity index (χ2n) is 6.37. The predicted molar refractivity (Wildman–Crippen MR) is 90.2 cm³/mol. The summed E-state index contributed by atoms with van der Waals surface area (Å²) in [5.41, 5.74) is 2.04. The zero-order chi connectivity index (χ0) is 15.6. The van der Waals surface area contributed by atoms with Crippen molar-refractivity contribution in [1.82, 2.24) is 14.9 Å². The summed E-state index contributed by atoms with van der Waals surface area (Å²) in [7, 11) is 0. The quantitative estimate of drug-likeness (QED) is 0.926. The minimum absolute atomic E-state index is 0.0900. The lowest BCUT2D eigenvalue weighted by Gasteiger charge is -2.31. The fourth-order valence-corrected chi connectivity index (χ4v) is 3.53. The normalized spacial score (nSPS) is 21.0. The van der Waals surface area contributed by atoms with E-state index < -0.39 is 0 Å². The average molecular weight is 310 g/mol. The van der Waals surface area contributed by atoms with Gasteiger partial charge in [0.05, 0.1) is 11.6 Å². The maximum absolute atomic E-state index is 12.9. The lowest BCUT2D eigenvalue weighted by Crippen LogP contribution is -2.46. The van der Waals surface area contributed by atoms with E-state index in [0.717, 1.165) is 62.6 Å². The van der Waals surface area contributed by atoms with Gasteiger partial charge in [-0.15, -0.1) is 0 Å². The molecule has 2 aliphatic heterocycles. The SMILES string of the molecule is O=C(C1CCCNC1)N1CCCn2cc(-c3ccccc3)nc21. The van der Waals surface area contributed by atoms with Crippen molar-refractivity contribution < 1.29 is 4.79 Å². The predicted octanol–water partition coefficient (Wildman–Crippen LogP) is 2.29. The number of amides is 1. The van der Waals surface area contributed by atoms with Crippen LogP contribution in [0.5, 0.6) is 0 Å². The smallest absolute Gasteiger partial charge is 0.233 e. The molecule has 5 heteroatoms. The van der Waals surface area contributed by atoms with Gasteiger partial charge in [0.15, 0.2) is 0 Å². The van der Waals surface area contributed by atoms with Crippen molar-refractivity contribution in [3.05, 3.63) is 36.5 Å². The molecular weight excluding hydrogens is 288 g/mol. The first-order valence-corrected chi connectivity index (χ1v) is 8.47. The topological polar surface area (TPSA) is 50.2 Å². The van der Waals surface area contributed by atoms with Gasteiger partial charge in [0.2, 0.25) is 11.9 Å². The van der Waals surface area contributed by atoms with Crippen molar-refractivity contribution in [1.29, 1.82) is 0 Å². The maximum Gasteiger partial charge on any atom is 0.233 e. The zero-order valence-corrected chi connectivity index (χ0v) is 13.2. The summed E-state index contributed by atoms with van der Waals surface area (Å²) in [6, 6.07) is 10.2. The van der Waals surface area contributed by atoms with Crippen LogP contribution in [0.4, 0.5) is 5.95 Å². The Morgan fingerprint density at radius 1 is 1.17 bits per heavy atom. The van der Waals surface area contributed by atoms with Gasteiger partial charge in [-0.2, -0.15) is 0 Å². The first-order chi connectivity index (χ1) is 11.3. The van der Waals surface area contributed by atoms with E-state index in [-0.39, 0.29) is 11.8 Å². The lowest BCUT2D eigenvalue weighted by atomic mass is 9.98. The van der Waals surface area contributed by atoms with Crippen molar-refractivity contribution in [2.75, 3.05) is 24.5 Å². The molecule has 2 aliphatic rings. The molecule has 3 heterocycles. The Hall–Kier alpha value is -2.14. The number of benzene rings is 1. The molecule has 1 unspecified atom stereocenters. The molecule has 2 aromatic rings. The third-order valence-electron chi connectivity index (χ3n) is 4.76. The zero-order valence-electron chi connectivity index (χ0n) is 13.2. The average Bonchev–Trinajstić information content (AvgIpc) is 3.07. The second kappa shape index (κ2) is 6.16. The molecule has 4 rings (SSSR count). The highest BCUT2D eigenvalue weighted by molar-refractivity contribution is 5.94. The highest BCUT2D eigenvalue weighted by Crippen LogP contribution is 2.28. The van der Waals surface area contributed by atoms with Gasteiger partial charge in [-0.25, -0.2) is 4.98 Å². The number of imidazole rings is 1. The van der Waals surface area contributed by atoms with Crippen LogP contribution in [0.15, 0.2) is 36.5 Å². The fourth-order valence-electron chi connectivity index (χ4n) is 3.53. The van der Waals surface area contributed by atoms with Gasteiger partial charge in [0.25, 0.3) is 0 Å². The molecule has 1 fully saturated rings. The van der Waals surface area contributed by atoms with Crippen LogP contribution in [0.25, 0.3) is 11.3 Å². The van der Waals surface area contributed by atoms with Gasteiger partial charge in [-0.1, -0.05) is 30.3 Å². The third-order valence-corrected chi connectivity index (χ3v) is 4.76. The summed E-state index contributed by atoms with van der Waals surface area (Å²) in [6.45, 7) is 3.53. The molecular formula is C18H22N4O. The first-order valence-electron chi connectivity index (χ1n) is 8.47. The Labute approximate surface area is 136 Å². The van der Waals surface area contributed by atoms with Crippen molar-refractivity contribution in [3.8, 4) is 11.3 Å². The molecule has 0 aliphatic carbocycles. The van der Waals surface area contributed by atoms with Crippen LogP contribution in [0.3, 0.4) is 0 Å². The summed E-state index contributed by atoms with van der Waals surface area (Å²) >= 11 is 0. The molecule has 1 aromatic heterocycles. The van der Waals surface area contributed by atoms with E-state index in [4.69, 9.17) is 4.98 Å². The molecule has 5 nitrogen and oxygen atoms in total. The van der Waals surface area contributed by atoms with Gasteiger partial charge in [-0.05, 0) is 25.8 Å². The highest BCUT2D eigenvalue weighted by Gasteiger charge is 2.31. The van der Waals surface area contributed by atoms with E-state index in [0.29, 0.717) is 0 Å². The Kier molecular flexibility index (Phi) is 3.87. The van der Waals surface area contributed by atoms with Crippen molar-refractivity contribution in [3.63, 3.8) is 0 Å². The molecule has 0 spiro atoms. The minimum Gasteiger partial charge on any atom is -0.316 e. The summed E-state index contributed by atoms with van der Waals surface area (Å²) < 4.78 is 2.12. The van der Waals surface area contributed by atoms with E-state index >= 15 is 0 Å². The third kappa shape index (κ3) is 2.77. The van der Waals surface area contributed by atoms with Crippen molar-refractivity contribution in [2.24, 2.45) is 5.92 Å². The number of fused-ring (bicyclic) bond motifs is 1. The van der Waals surface area contributed by atoms with Gasteiger partial charge in [0, 0.05) is 31.4 Å². The number of hydrogen-bond donors (Lipinski definition) is 1. The Balaban J connectivity index is 1.63. The Morgan fingerprint density at radius 2 is 2.04 bits per heavy atom. The number of carbonyl (C=O) groups is 1. The van der Waals surface area contributed by atoms with Crippen LogP contribution >= 0.6 is 0 Å². The van der Waals surface area contributed by atoms with Crippen LogP contribution in [-0.2, 0) is 11.3 Å². The number of piperidine rings is 1.